The minimum absolute atomic E-state index is 0.326. The van der Waals surface area contributed by atoms with Crippen molar-refractivity contribution in [2.45, 2.75) is 51.0 Å². The number of para-hydroxylation sites is 1. The summed E-state index contributed by atoms with van der Waals surface area (Å²) < 4.78 is 10.5. The molecular formula is C23H25ClN4OS. The van der Waals surface area contributed by atoms with Crippen LogP contribution in [0.4, 0.5) is 0 Å². The maximum absolute atomic E-state index is 6.21. The van der Waals surface area contributed by atoms with Crippen LogP contribution in [-0.2, 0) is 26.7 Å². The number of hydrogen-bond donors (Lipinski definition) is 0. The van der Waals surface area contributed by atoms with E-state index in [0.29, 0.717) is 40.9 Å². The van der Waals surface area contributed by atoms with Crippen LogP contribution in [0, 0.1) is 4.77 Å². The van der Waals surface area contributed by atoms with Crippen molar-refractivity contribution < 1.29 is 4.74 Å². The lowest BCUT2D eigenvalue weighted by molar-refractivity contribution is 0.131. The molecule has 7 heteroatoms. The lowest BCUT2D eigenvalue weighted by Gasteiger charge is -2.29. The molecule has 5 nitrogen and oxygen atoms in total. The molecule has 2 aliphatic carbocycles. The van der Waals surface area contributed by atoms with Gasteiger partial charge in [-0.3, -0.25) is 4.90 Å². The van der Waals surface area contributed by atoms with E-state index in [4.69, 9.17) is 33.7 Å². The van der Waals surface area contributed by atoms with Crippen LogP contribution in [0.25, 0.3) is 0 Å². The molecule has 0 amide bonds. The van der Waals surface area contributed by atoms with E-state index in [1.807, 2.05) is 40.6 Å². The van der Waals surface area contributed by atoms with Gasteiger partial charge in [0.05, 0.1) is 11.7 Å². The monoisotopic (exact) mass is 440 g/mol. The number of nitrogens with zero attached hydrogens (tertiary/aromatic N) is 4. The summed E-state index contributed by atoms with van der Waals surface area (Å²) in [4.78, 5) is 2.59. The van der Waals surface area contributed by atoms with Gasteiger partial charge in [-0.15, -0.1) is 0 Å². The number of aromatic nitrogens is 3. The summed E-state index contributed by atoms with van der Waals surface area (Å²) >= 11 is 11.9. The van der Waals surface area contributed by atoms with Crippen molar-refractivity contribution >= 4 is 23.8 Å². The van der Waals surface area contributed by atoms with Gasteiger partial charge in [0.15, 0.2) is 10.6 Å². The third-order valence-corrected chi connectivity index (χ3v) is 6.94. The molecular weight excluding hydrogens is 416 g/mol. The second-order valence-electron chi connectivity index (χ2n) is 8.12. The predicted octanol–water partition coefficient (Wildman–Crippen LogP) is 5.29. The Kier molecular flexibility index (Phi) is 5.39. The summed E-state index contributed by atoms with van der Waals surface area (Å²) in [5.41, 5.74) is 2.95. The third kappa shape index (κ3) is 3.80. The quantitative estimate of drug-likeness (QED) is 0.467. The normalized spacial score (nSPS) is 18.0. The minimum atomic E-state index is 0.326. The van der Waals surface area contributed by atoms with Gasteiger partial charge in [-0.05, 0) is 61.2 Å². The first kappa shape index (κ1) is 19.8. The molecule has 0 N–H and O–H groups in total. The molecule has 2 aliphatic rings. The average Bonchev–Trinajstić information content (AvgIpc) is 3.46. The first-order valence-corrected chi connectivity index (χ1v) is 11.2. The summed E-state index contributed by atoms with van der Waals surface area (Å²) in [5, 5.41) is 5.39. The van der Waals surface area contributed by atoms with Crippen LogP contribution in [-0.4, -0.2) is 25.3 Å². The highest BCUT2D eigenvalue weighted by Crippen LogP contribution is 2.42. The standard InChI is InChI=1S/C23H25ClN4OS/c1-26-22(14-29-21-9-5-4-8-19(21)24)25-28(23(26)30)15-27(17-11-12-17)20-13-10-16-6-2-3-7-18(16)20/h2-9,17,20H,10-15H2,1H3. The van der Waals surface area contributed by atoms with E-state index < -0.39 is 0 Å². The van der Waals surface area contributed by atoms with Crippen LogP contribution in [0.1, 0.15) is 42.3 Å². The Hall–Kier alpha value is -2.15. The number of aryl methyl sites for hydroxylation is 1. The van der Waals surface area contributed by atoms with E-state index >= 15 is 0 Å². The van der Waals surface area contributed by atoms with Crippen molar-refractivity contribution in [1.29, 1.82) is 0 Å². The van der Waals surface area contributed by atoms with Crippen LogP contribution in [0.5, 0.6) is 5.75 Å². The molecule has 2 aromatic carbocycles. The molecule has 30 heavy (non-hydrogen) atoms. The van der Waals surface area contributed by atoms with Crippen molar-refractivity contribution in [1.82, 2.24) is 19.2 Å². The topological polar surface area (TPSA) is 35.2 Å². The molecule has 1 fully saturated rings. The van der Waals surface area contributed by atoms with Crippen LogP contribution >= 0.6 is 23.8 Å². The number of rotatable bonds is 7. The first-order chi connectivity index (χ1) is 14.6. The molecule has 1 atom stereocenters. The largest absolute Gasteiger partial charge is 0.484 e. The summed E-state index contributed by atoms with van der Waals surface area (Å²) in [6.45, 7) is 1.04. The first-order valence-electron chi connectivity index (χ1n) is 10.5. The van der Waals surface area contributed by atoms with Gasteiger partial charge in [0, 0.05) is 19.1 Å². The second kappa shape index (κ2) is 8.17. The Bertz CT molecular complexity index is 1120. The van der Waals surface area contributed by atoms with Crippen molar-refractivity contribution in [2.75, 3.05) is 0 Å². The predicted molar refractivity (Wildman–Crippen MR) is 120 cm³/mol. The molecule has 1 unspecified atom stereocenters. The van der Waals surface area contributed by atoms with E-state index in [2.05, 4.69) is 29.2 Å². The van der Waals surface area contributed by atoms with E-state index in [1.165, 1.54) is 30.4 Å². The summed E-state index contributed by atoms with van der Waals surface area (Å²) in [7, 11) is 1.95. The van der Waals surface area contributed by atoms with E-state index in [-0.39, 0.29) is 0 Å². The van der Waals surface area contributed by atoms with Gasteiger partial charge in [0.2, 0.25) is 0 Å². The third-order valence-electron chi connectivity index (χ3n) is 6.14. The highest BCUT2D eigenvalue weighted by atomic mass is 35.5. The summed E-state index contributed by atoms with van der Waals surface area (Å²) in [6.07, 6.45) is 4.82. The van der Waals surface area contributed by atoms with Crippen LogP contribution < -0.4 is 4.74 Å². The molecule has 3 aromatic rings. The number of fused-ring (bicyclic) bond motifs is 1. The molecule has 5 rings (SSSR count). The molecule has 0 radical (unpaired) electrons. The van der Waals surface area contributed by atoms with Crippen molar-refractivity contribution in [3.63, 3.8) is 0 Å². The summed E-state index contributed by atoms with van der Waals surface area (Å²) in [5.74, 6) is 1.45. The van der Waals surface area contributed by atoms with Crippen LogP contribution in [0.3, 0.4) is 0 Å². The lowest BCUT2D eigenvalue weighted by Crippen LogP contribution is -2.32. The molecule has 1 aromatic heterocycles. The SMILES string of the molecule is Cn1c(COc2ccccc2Cl)nn(CN(C2CC2)C2CCc3ccccc32)c1=S. The van der Waals surface area contributed by atoms with E-state index in [9.17, 15) is 0 Å². The molecule has 0 spiro atoms. The fraction of sp³-hybridized carbons (Fsp3) is 0.391. The molecule has 0 saturated heterocycles. The van der Waals surface area contributed by atoms with Gasteiger partial charge in [-0.2, -0.15) is 5.10 Å². The van der Waals surface area contributed by atoms with Gasteiger partial charge in [-0.1, -0.05) is 48.0 Å². The maximum Gasteiger partial charge on any atom is 0.198 e. The molecule has 0 aliphatic heterocycles. The van der Waals surface area contributed by atoms with Gasteiger partial charge < -0.3 is 9.30 Å². The molecule has 156 valence electrons. The Morgan fingerprint density at radius 3 is 2.70 bits per heavy atom. The minimum Gasteiger partial charge on any atom is -0.484 e. The van der Waals surface area contributed by atoms with Gasteiger partial charge in [-0.25, -0.2) is 4.68 Å². The van der Waals surface area contributed by atoms with Gasteiger partial charge >= 0.3 is 0 Å². The Balaban J connectivity index is 1.36. The number of halogens is 1. The highest BCUT2D eigenvalue weighted by Gasteiger charge is 2.37. The highest BCUT2D eigenvalue weighted by molar-refractivity contribution is 7.71. The van der Waals surface area contributed by atoms with E-state index in [1.54, 1.807) is 0 Å². The molecule has 1 heterocycles. The zero-order chi connectivity index (χ0) is 20.7. The fourth-order valence-electron chi connectivity index (χ4n) is 4.36. The van der Waals surface area contributed by atoms with Crippen molar-refractivity contribution in [3.05, 3.63) is 75.3 Å². The zero-order valence-corrected chi connectivity index (χ0v) is 18.6. The smallest absolute Gasteiger partial charge is 0.198 e. The Morgan fingerprint density at radius 1 is 1.13 bits per heavy atom. The van der Waals surface area contributed by atoms with Crippen molar-refractivity contribution in [3.8, 4) is 5.75 Å². The van der Waals surface area contributed by atoms with Gasteiger partial charge in [0.25, 0.3) is 0 Å². The summed E-state index contributed by atoms with van der Waals surface area (Å²) in [6, 6.07) is 17.4. The van der Waals surface area contributed by atoms with Crippen LogP contribution in [0.2, 0.25) is 5.02 Å². The maximum atomic E-state index is 6.21. The average molecular weight is 441 g/mol. The van der Waals surface area contributed by atoms with Crippen LogP contribution in [0.15, 0.2) is 48.5 Å². The molecule has 0 bridgehead atoms. The lowest BCUT2D eigenvalue weighted by atomic mass is 10.1. The number of hydrogen-bond acceptors (Lipinski definition) is 4. The Labute approximate surface area is 186 Å². The van der Waals surface area contributed by atoms with E-state index in [0.717, 1.165) is 12.2 Å². The fourth-order valence-corrected chi connectivity index (χ4v) is 4.76. The number of ether oxygens (including phenoxy) is 1. The Morgan fingerprint density at radius 2 is 1.90 bits per heavy atom. The van der Waals surface area contributed by atoms with Gasteiger partial charge in [0.1, 0.15) is 12.4 Å². The molecule has 1 saturated carbocycles. The van der Waals surface area contributed by atoms with Crippen molar-refractivity contribution in [2.24, 2.45) is 7.05 Å². The second-order valence-corrected chi connectivity index (χ2v) is 8.89. The number of benzene rings is 2. The zero-order valence-electron chi connectivity index (χ0n) is 17.0.